The first-order valence-electron chi connectivity index (χ1n) is 6.79. The van der Waals surface area contributed by atoms with E-state index in [1.807, 2.05) is 6.92 Å². The van der Waals surface area contributed by atoms with Gasteiger partial charge in [0.25, 0.3) is 0 Å². The molecule has 0 aliphatic heterocycles. The quantitative estimate of drug-likeness (QED) is 0.704. The average Bonchev–Trinajstić information content (AvgIpc) is 2.43. The van der Waals surface area contributed by atoms with Crippen molar-refractivity contribution in [1.82, 2.24) is 9.62 Å². The molecule has 0 saturated heterocycles. The fourth-order valence-corrected chi connectivity index (χ4v) is 3.70. The lowest BCUT2D eigenvalue weighted by Crippen LogP contribution is -2.35. The maximum Gasteiger partial charge on any atom is 0.242 e. The lowest BCUT2D eigenvalue weighted by molar-refractivity contribution is 0.293. The van der Waals surface area contributed by atoms with Gasteiger partial charge in [0, 0.05) is 13.1 Å². The van der Waals surface area contributed by atoms with Gasteiger partial charge in [-0.2, -0.15) is 0 Å². The van der Waals surface area contributed by atoms with Crippen LogP contribution in [0.25, 0.3) is 0 Å². The standard InChI is InChI=1S/C13H21Cl2N3O2S/c1-3-8-18(4-2)9-7-17-21(19,20)11-6-5-10(14)13(16)12(11)15/h5-6,17H,3-4,7-9,16H2,1-2H3. The van der Waals surface area contributed by atoms with Crippen LogP contribution in [0.2, 0.25) is 10.0 Å². The van der Waals surface area contributed by atoms with E-state index in [1.54, 1.807) is 0 Å². The van der Waals surface area contributed by atoms with Crippen LogP contribution >= 0.6 is 23.2 Å². The minimum absolute atomic E-state index is 0.0455. The van der Waals surface area contributed by atoms with E-state index < -0.39 is 10.0 Å². The van der Waals surface area contributed by atoms with E-state index in [0.717, 1.165) is 19.5 Å². The molecule has 21 heavy (non-hydrogen) atoms. The molecule has 3 N–H and O–H groups in total. The third-order valence-corrected chi connectivity index (χ3v) is 5.44. The Hall–Kier alpha value is -0.530. The molecule has 0 aliphatic rings. The van der Waals surface area contributed by atoms with E-state index in [1.165, 1.54) is 12.1 Å². The number of anilines is 1. The van der Waals surface area contributed by atoms with Gasteiger partial charge in [0.05, 0.1) is 15.7 Å². The SMILES string of the molecule is CCCN(CC)CCNS(=O)(=O)c1ccc(Cl)c(N)c1Cl. The van der Waals surface area contributed by atoms with Crippen molar-refractivity contribution in [2.24, 2.45) is 0 Å². The Morgan fingerprint density at radius 1 is 1.24 bits per heavy atom. The molecule has 0 spiro atoms. The van der Waals surface area contributed by atoms with Crippen molar-refractivity contribution >= 4 is 38.9 Å². The van der Waals surface area contributed by atoms with Crippen LogP contribution in [0.4, 0.5) is 5.69 Å². The molecule has 120 valence electrons. The molecule has 0 unspecified atom stereocenters. The van der Waals surface area contributed by atoms with Crippen LogP contribution < -0.4 is 10.5 Å². The van der Waals surface area contributed by atoms with Crippen LogP contribution in [0.3, 0.4) is 0 Å². The van der Waals surface area contributed by atoms with E-state index in [-0.39, 0.29) is 20.6 Å². The molecule has 0 amide bonds. The number of nitrogens with zero attached hydrogens (tertiary/aromatic N) is 1. The van der Waals surface area contributed by atoms with Crippen LogP contribution in [0.15, 0.2) is 17.0 Å². The van der Waals surface area contributed by atoms with Crippen LogP contribution in [0, 0.1) is 0 Å². The summed E-state index contributed by atoms with van der Waals surface area (Å²) in [5, 5.41) is 0.190. The third-order valence-electron chi connectivity index (χ3n) is 3.09. The molecule has 8 heteroatoms. The maximum absolute atomic E-state index is 12.2. The number of likely N-dealkylation sites (N-methyl/N-ethyl adjacent to an activating group) is 1. The highest BCUT2D eigenvalue weighted by molar-refractivity contribution is 7.89. The molecule has 0 radical (unpaired) electrons. The van der Waals surface area contributed by atoms with Gasteiger partial charge in [-0.05, 0) is 31.6 Å². The number of nitrogens with one attached hydrogen (secondary N) is 1. The molecule has 0 heterocycles. The zero-order valence-corrected chi connectivity index (χ0v) is 14.5. The molecule has 0 aliphatic carbocycles. The Kier molecular flexibility index (Phi) is 7.23. The minimum Gasteiger partial charge on any atom is -0.396 e. The van der Waals surface area contributed by atoms with Crippen LogP contribution in [0.1, 0.15) is 20.3 Å². The first-order chi connectivity index (χ1) is 9.83. The first-order valence-corrected chi connectivity index (χ1v) is 9.02. The number of sulfonamides is 1. The summed E-state index contributed by atoms with van der Waals surface area (Å²) in [6.07, 6.45) is 1.03. The molecule has 1 aromatic carbocycles. The second-order valence-corrected chi connectivity index (χ2v) is 7.13. The summed E-state index contributed by atoms with van der Waals surface area (Å²) in [6, 6.07) is 2.78. The molecule has 0 bridgehead atoms. The number of halogens is 2. The van der Waals surface area contributed by atoms with Crippen molar-refractivity contribution in [3.8, 4) is 0 Å². The molecular weight excluding hydrogens is 333 g/mol. The fourth-order valence-electron chi connectivity index (χ4n) is 1.92. The zero-order chi connectivity index (χ0) is 16.0. The van der Waals surface area contributed by atoms with E-state index in [2.05, 4.69) is 16.5 Å². The van der Waals surface area contributed by atoms with Gasteiger partial charge in [0.15, 0.2) is 0 Å². The largest absolute Gasteiger partial charge is 0.396 e. The smallest absolute Gasteiger partial charge is 0.242 e. The van der Waals surface area contributed by atoms with Crippen LogP contribution in [-0.4, -0.2) is 39.5 Å². The number of hydrogen-bond donors (Lipinski definition) is 2. The van der Waals surface area contributed by atoms with Gasteiger partial charge < -0.3 is 10.6 Å². The molecule has 0 fully saturated rings. The Morgan fingerprint density at radius 2 is 1.90 bits per heavy atom. The lowest BCUT2D eigenvalue weighted by atomic mass is 10.3. The molecule has 1 aromatic rings. The Morgan fingerprint density at radius 3 is 2.48 bits per heavy atom. The highest BCUT2D eigenvalue weighted by Gasteiger charge is 2.20. The highest BCUT2D eigenvalue weighted by Crippen LogP contribution is 2.32. The van der Waals surface area contributed by atoms with Crippen LogP contribution in [-0.2, 0) is 10.0 Å². The Labute approximate surface area is 136 Å². The van der Waals surface area contributed by atoms with Gasteiger partial charge >= 0.3 is 0 Å². The minimum atomic E-state index is -3.70. The van der Waals surface area contributed by atoms with E-state index in [4.69, 9.17) is 28.9 Å². The summed E-state index contributed by atoms with van der Waals surface area (Å²) >= 11 is 11.8. The molecule has 1 rings (SSSR count). The van der Waals surface area contributed by atoms with Crippen LogP contribution in [0.5, 0.6) is 0 Å². The number of benzene rings is 1. The van der Waals surface area contributed by atoms with Gasteiger partial charge in [-0.1, -0.05) is 37.0 Å². The second kappa shape index (κ2) is 8.19. The van der Waals surface area contributed by atoms with Crippen molar-refractivity contribution in [2.45, 2.75) is 25.2 Å². The number of rotatable bonds is 8. The number of nitrogens with two attached hydrogens (primary N) is 1. The van der Waals surface area contributed by atoms with Gasteiger partial charge in [0.1, 0.15) is 4.90 Å². The number of nitrogen functional groups attached to an aromatic ring is 1. The Balaban J connectivity index is 2.77. The Bertz CT molecular complexity index is 579. The summed E-state index contributed by atoms with van der Waals surface area (Å²) < 4.78 is 27.0. The molecule has 5 nitrogen and oxygen atoms in total. The van der Waals surface area contributed by atoms with Gasteiger partial charge in [-0.25, -0.2) is 13.1 Å². The molecule has 0 aromatic heterocycles. The lowest BCUT2D eigenvalue weighted by Gasteiger charge is -2.19. The van der Waals surface area contributed by atoms with Gasteiger partial charge in [-0.15, -0.1) is 0 Å². The zero-order valence-electron chi connectivity index (χ0n) is 12.2. The predicted molar refractivity (Wildman–Crippen MR) is 88.5 cm³/mol. The van der Waals surface area contributed by atoms with Crippen molar-refractivity contribution in [2.75, 3.05) is 31.9 Å². The molecule has 0 atom stereocenters. The summed E-state index contributed by atoms with van der Waals surface area (Å²) in [4.78, 5) is 2.12. The first kappa shape index (κ1) is 18.5. The molecule has 0 saturated carbocycles. The van der Waals surface area contributed by atoms with Gasteiger partial charge in [0.2, 0.25) is 10.0 Å². The summed E-state index contributed by atoms with van der Waals surface area (Å²) in [5.74, 6) is 0. The average molecular weight is 354 g/mol. The topological polar surface area (TPSA) is 75.4 Å². The number of hydrogen-bond acceptors (Lipinski definition) is 4. The monoisotopic (exact) mass is 353 g/mol. The van der Waals surface area contributed by atoms with Crippen molar-refractivity contribution in [3.05, 3.63) is 22.2 Å². The van der Waals surface area contributed by atoms with Crippen molar-refractivity contribution in [1.29, 1.82) is 0 Å². The maximum atomic E-state index is 12.2. The van der Waals surface area contributed by atoms with E-state index in [0.29, 0.717) is 13.1 Å². The fraction of sp³-hybridized carbons (Fsp3) is 0.538. The van der Waals surface area contributed by atoms with E-state index in [9.17, 15) is 8.42 Å². The van der Waals surface area contributed by atoms with Gasteiger partial charge in [-0.3, -0.25) is 0 Å². The third kappa shape index (κ3) is 5.00. The normalized spacial score (nSPS) is 12.0. The van der Waals surface area contributed by atoms with E-state index >= 15 is 0 Å². The summed E-state index contributed by atoms with van der Waals surface area (Å²) in [7, 11) is -3.70. The van der Waals surface area contributed by atoms with Crippen molar-refractivity contribution < 1.29 is 8.42 Å². The molecular formula is C13H21Cl2N3O2S. The highest BCUT2D eigenvalue weighted by atomic mass is 35.5. The van der Waals surface area contributed by atoms with Crippen molar-refractivity contribution in [3.63, 3.8) is 0 Å². The predicted octanol–water partition coefficient (Wildman–Crippen LogP) is 2.59. The second-order valence-electron chi connectivity index (χ2n) is 4.61. The summed E-state index contributed by atoms with van der Waals surface area (Å²) in [6.45, 7) is 6.90. The summed E-state index contributed by atoms with van der Waals surface area (Å²) in [5.41, 5.74) is 5.72.